The van der Waals surface area contributed by atoms with Gasteiger partial charge in [-0.15, -0.1) is 0 Å². The maximum atomic E-state index is 12.8. The van der Waals surface area contributed by atoms with Gasteiger partial charge in [0.25, 0.3) is 0 Å². The number of halogens is 1. The van der Waals surface area contributed by atoms with Crippen molar-refractivity contribution in [2.24, 2.45) is 11.8 Å². The normalized spacial score (nSPS) is 18.8. The molecule has 0 unspecified atom stereocenters. The monoisotopic (exact) mass is 432 g/mol. The number of rotatable bonds is 8. The van der Waals surface area contributed by atoms with Crippen LogP contribution in [0.3, 0.4) is 0 Å². The first-order valence-corrected chi connectivity index (χ1v) is 11.1. The Morgan fingerprint density at radius 1 is 1.17 bits per heavy atom. The van der Waals surface area contributed by atoms with Crippen LogP contribution >= 0.6 is 11.6 Å². The standard InChI is InChI=1S/C23H29ClN2O4/c1-3-5-6-15-7-9-17(10-8-15)21(27)25-22-19(23(28)29-4-2)20(26-30-22)16-11-13-18(24)14-12-16/h11-15,17H,3-10H2,1-2H3,(H,25,27). The molecule has 162 valence electrons. The van der Waals surface area contributed by atoms with E-state index in [0.29, 0.717) is 22.2 Å². The van der Waals surface area contributed by atoms with Crippen molar-refractivity contribution in [2.45, 2.75) is 58.8 Å². The summed E-state index contributed by atoms with van der Waals surface area (Å²) < 4.78 is 10.5. The smallest absolute Gasteiger partial charge is 0.346 e. The number of anilines is 1. The van der Waals surface area contributed by atoms with E-state index in [4.69, 9.17) is 20.9 Å². The van der Waals surface area contributed by atoms with Gasteiger partial charge in [-0.3, -0.25) is 10.1 Å². The molecule has 1 aliphatic rings. The minimum absolute atomic E-state index is 0.0384. The van der Waals surface area contributed by atoms with E-state index in [9.17, 15) is 9.59 Å². The van der Waals surface area contributed by atoms with Crippen molar-refractivity contribution < 1.29 is 18.8 Å². The third kappa shape index (κ3) is 5.42. The lowest BCUT2D eigenvalue weighted by Crippen LogP contribution is -2.27. The molecule has 30 heavy (non-hydrogen) atoms. The SMILES string of the molecule is CCCCC1CCC(C(=O)Nc2onc(-c3ccc(Cl)cc3)c2C(=O)OCC)CC1. The third-order valence-corrected chi connectivity index (χ3v) is 5.96. The zero-order valence-corrected chi connectivity index (χ0v) is 18.3. The van der Waals surface area contributed by atoms with Crippen molar-refractivity contribution in [3.05, 3.63) is 34.9 Å². The minimum atomic E-state index is -0.581. The fourth-order valence-electron chi connectivity index (χ4n) is 3.99. The van der Waals surface area contributed by atoms with Crippen LogP contribution in [0.4, 0.5) is 5.88 Å². The summed E-state index contributed by atoms with van der Waals surface area (Å²) in [6.07, 6.45) is 7.53. The molecule has 0 radical (unpaired) electrons. The number of carbonyl (C=O) groups excluding carboxylic acids is 2. The molecule has 0 saturated heterocycles. The highest BCUT2D eigenvalue weighted by Crippen LogP contribution is 2.34. The fourth-order valence-corrected chi connectivity index (χ4v) is 4.12. The molecular formula is C23H29ClN2O4. The van der Waals surface area contributed by atoms with Crippen molar-refractivity contribution in [3.63, 3.8) is 0 Å². The van der Waals surface area contributed by atoms with E-state index in [-0.39, 0.29) is 29.9 Å². The number of benzene rings is 1. The molecule has 1 heterocycles. The van der Waals surface area contributed by atoms with Gasteiger partial charge < -0.3 is 9.26 Å². The maximum Gasteiger partial charge on any atom is 0.346 e. The summed E-state index contributed by atoms with van der Waals surface area (Å²) in [5, 5.41) is 7.39. The number of amides is 1. The Hall–Kier alpha value is -2.34. The summed E-state index contributed by atoms with van der Waals surface area (Å²) in [6, 6.07) is 6.89. The molecule has 1 N–H and O–H groups in total. The van der Waals surface area contributed by atoms with Gasteiger partial charge in [0.05, 0.1) is 6.61 Å². The van der Waals surface area contributed by atoms with Gasteiger partial charge in [-0.05, 0) is 50.7 Å². The van der Waals surface area contributed by atoms with Crippen LogP contribution in [0.2, 0.25) is 5.02 Å². The van der Waals surface area contributed by atoms with Crippen LogP contribution in [0.1, 0.15) is 69.2 Å². The highest BCUT2D eigenvalue weighted by molar-refractivity contribution is 6.30. The topological polar surface area (TPSA) is 81.4 Å². The Morgan fingerprint density at radius 3 is 2.50 bits per heavy atom. The Labute approximate surface area is 182 Å². The lowest BCUT2D eigenvalue weighted by atomic mass is 9.79. The largest absolute Gasteiger partial charge is 0.462 e. The third-order valence-electron chi connectivity index (χ3n) is 5.71. The average Bonchev–Trinajstić information content (AvgIpc) is 3.16. The maximum absolute atomic E-state index is 12.8. The Balaban J connectivity index is 1.74. The van der Waals surface area contributed by atoms with Crippen molar-refractivity contribution in [1.29, 1.82) is 0 Å². The van der Waals surface area contributed by atoms with E-state index >= 15 is 0 Å². The summed E-state index contributed by atoms with van der Waals surface area (Å²) >= 11 is 5.96. The van der Waals surface area contributed by atoms with E-state index in [1.54, 1.807) is 31.2 Å². The van der Waals surface area contributed by atoms with E-state index in [1.807, 2.05) is 0 Å². The number of unbranched alkanes of at least 4 members (excludes halogenated alkanes) is 1. The number of hydrogen-bond donors (Lipinski definition) is 1. The van der Waals surface area contributed by atoms with Crippen LogP contribution in [0, 0.1) is 11.8 Å². The van der Waals surface area contributed by atoms with Crippen LogP contribution in [-0.2, 0) is 9.53 Å². The number of hydrogen-bond acceptors (Lipinski definition) is 5. The van der Waals surface area contributed by atoms with Crippen molar-refractivity contribution in [2.75, 3.05) is 11.9 Å². The second-order valence-electron chi connectivity index (χ2n) is 7.81. The molecule has 2 aromatic rings. The first-order valence-electron chi connectivity index (χ1n) is 10.8. The molecule has 7 heteroatoms. The van der Waals surface area contributed by atoms with Gasteiger partial charge in [0.15, 0.2) is 5.56 Å². The minimum Gasteiger partial charge on any atom is -0.462 e. The summed E-state index contributed by atoms with van der Waals surface area (Å²) in [6.45, 7) is 4.14. The lowest BCUT2D eigenvalue weighted by Gasteiger charge is -2.27. The zero-order valence-electron chi connectivity index (χ0n) is 17.6. The van der Waals surface area contributed by atoms with Crippen LogP contribution in [0.15, 0.2) is 28.8 Å². The molecule has 1 aliphatic carbocycles. The summed E-state index contributed by atoms with van der Waals surface area (Å²) in [7, 11) is 0. The highest BCUT2D eigenvalue weighted by atomic mass is 35.5. The lowest BCUT2D eigenvalue weighted by molar-refractivity contribution is -0.121. The molecule has 1 amide bonds. The van der Waals surface area contributed by atoms with Crippen LogP contribution in [0.25, 0.3) is 11.3 Å². The number of aromatic nitrogens is 1. The number of esters is 1. The van der Waals surface area contributed by atoms with Crippen molar-refractivity contribution in [1.82, 2.24) is 5.16 Å². The van der Waals surface area contributed by atoms with Gasteiger partial charge in [-0.25, -0.2) is 4.79 Å². The van der Waals surface area contributed by atoms with Crippen LogP contribution in [-0.4, -0.2) is 23.6 Å². The summed E-state index contributed by atoms with van der Waals surface area (Å²) in [5.74, 6) is -0.0417. The van der Waals surface area contributed by atoms with E-state index < -0.39 is 5.97 Å². The molecule has 6 nitrogen and oxygen atoms in total. The van der Waals surface area contributed by atoms with Gasteiger partial charge in [0.1, 0.15) is 5.69 Å². The Kier molecular flexibility index (Phi) is 7.91. The molecule has 0 aliphatic heterocycles. The second-order valence-corrected chi connectivity index (χ2v) is 8.25. The van der Waals surface area contributed by atoms with E-state index in [0.717, 1.165) is 25.7 Å². The zero-order chi connectivity index (χ0) is 21.5. The number of nitrogens with zero attached hydrogens (tertiary/aromatic N) is 1. The Morgan fingerprint density at radius 2 is 1.87 bits per heavy atom. The van der Waals surface area contributed by atoms with Crippen molar-refractivity contribution >= 4 is 29.4 Å². The quantitative estimate of drug-likeness (QED) is 0.509. The van der Waals surface area contributed by atoms with Crippen molar-refractivity contribution in [3.8, 4) is 11.3 Å². The molecule has 3 rings (SSSR count). The number of nitrogens with one attached hydrogen (secondary N) is 1. The molecule has 1 saturated carbocycles. The molecule has 0 bridgehead atoms. The van der Waals surface area contributed by atoms with Gasteiger partial charge in [0.2, 0.25) is 11.8 Å². The predicted octanol–water partition coefficient (Wildman–Crippen LogP) is 6.11. The Bertz CT molecular complexity index is 855. The van der Waals surface area contributed by atoms with Gasteiger partial charge >= 0.3 is 5.97 Å². The van der Waals surface area contributed by atoms with Gasteiger partial charge in [-0.2, -0.15) is 0 Å². The van der Waals surface area contributed by atoms with Crippen LogP contribution < -0.4 is 5.32 Å². The summed E-state index contributed by atoms with van der Waals surface area (Å²) in [4.78, 5) is 25.4. The highest BCUT2D eigenvalue weighted by Gasteiger charge is 2.30. The number of ether oxygens (including phenoxy) is 1. The van der Waals surface area contributed by atoms with Crippen LogP contribution in [0.5, 0.6) is 0 Å². The molecule has 1 aromatic carbocycles. The average molecular weight is 433 g/mol. The van der Waals surface area contributed by atoms with E-state index in [1.165, 1.54) is 19.3 Å². The molecule has 1 fully saturated rings. The first-order chi connectivity index (χ1) is 14.5. The fraction of sp³-hybridized carbons (Fsp3) is 0.522. The predicted molar refractivity (Wildman–Crippen MR) is 117 cm³/mol. The van der Waals surface area contributed by atoms with E-state index in [2.05, 4.69) is 17.4 Å². The molecular weight excluding hydrogens is 404 g/mol. The van der Waals surface area contributed by atoms with Gasteiger partial charge in [-0.1, -0.05) is 55.1 Å². The molecule has 1 aromatic heterocycles. The molecule has 0 atom stereocenters. The second kappa shape index (κ2) is 10.6. The summed E-state index contributed by atoms with van der Waals surface area (Å²) in [5.41, 5.74) is 1.11. The molecule has 0 spiro atoms. The number of carbonyl (C=O) groups is 2. The first kappa shape index (κ1) is 22.3. The van der Waals surface area contributed by atoms with Gasteiger partial charge in [0, 0.05) is 16.5 Å².